The minimum Gasteiger partial charge on any atom is -0.493 e. The van der Waals surface area contributed by atoms with Crippen LogP contribution in [0.25, 0.3) is 0 Å². The van der Waals surface area contributed by atoms with E-state index in [1.807, 2.05) is 13.0 Å². The summed E-state index contributed by atoms with van der Waals surface area (Å²) in [6, 6.07) is 3.59. The fourth-order valence-corrected chi connectivity index (χ4v) is 1.95. The zero-order chi connectivity index (χ0) is 12.8. The number of hydrogen-bond donors (Lipinski definition) is 0. The highest BCUT2D eigenvalue weighted by Gasteiger charge is 2.13. The number of ether oxygens (including phenoxy) is 3. The lowest BCUT2D eigenvalue weighted by atomic mass is 10.2. The Bertz CT molecular complexity index is 346. The van der Waals surface area contributed by atoms with E-state index < -0.39 is 0 Å². The SMILES string of the molecule is COc1cc(Cl)cc(CBr)c1OCC(C)OC. The second kappa shape index (κ2) is 7.09. The molecule has 0 amide bonds. The summed E-state index contributed by atoms with van der Waals surface area (Å²) >= 11 is 9.39. The van der Waals surface area contributed by atoms with Gasteiger partial charge in [0.05, 0.1) is 13.2 Å². The van der Waals surface area contributed by atoms with E-state index in [4.69, 9.17) is 25.8 Å². The van der Waals surface area contributed by atoms with E-state index in [0.717, 1.165) is 5.56 Å². The van der Waals surface area contributed by atoms with Crippen molar-refractivity contribution < 1.29 is 14.2 Å². The highest BCUT2D eigenvalue weighted by atomic mass is 79.9. The Morgan fingerprint density at radius 3 is 2.59 bits per heavy atom. The predicted octanol–water partition coefficient (Wildman–Crippen LogP) is 3.66. The maximum atomic E-state index is 5.99. The summed E-state index contributed by atoms with van der Waals surface area (Å²) in [6.07, 6.45) is 0.0264. The van der Waals surface area contributed by atoms with E-state index in [0.29, 0.717) is 28.5 Å². The average molecular weight is 324 g/mol. The molecule has 5 heteroatoms. The summed E-state index contributed by atoms with van der Waals surface area (Å²) in [5, 5.41) is 1.28. The van der Waals surface area contributed by atoms with Crippen molar-refractivity contribution >= 4 is 27.5 Å². The summed E-state index contributed by atoms with van der Waals surface area (Å²) in [4.78, 5) is 0. The molecule has 17 heavy (non-hydrogen) atoms. The highest BCUT2D eigenvalue weighted by Crippen LogP contribution is 2.36. The molecular formula is C12H16BrClO3. The van der Waals surface area contributed by atoms with Crippen LogP contribution in [0, 0.1) is 0 Å². The van der Waals surface area contributed by atoms with E-state index in [-0.39, 0.29) is 6.10 Å². The number of hydrogen-bond acceptors (Lipinski definition) is 3. The first-order valence-electron chi connectivity index (χ1n) is 5.20. The maximum absolute atomic E-state index is 5.99. The van der Waals surface area contributed by atoms with Crippen LogP contribution < -0.4 is 9.47 Å². The Balaban J connectivity index is 2.94. The van der Waals surface area contributed by atoms with Crippen molar-refractivity contribution in [2.75, 3.05) is 20.8 Å². The van der Waals surface area contributed by atoms with Crippen LogP contribution >= 0.6 is 27.5 Å². The van der Waals surface area contributed by atoms with Gasteiger partial charge in [-0.15, -0.1) is 0 Å². The van der Waals surface area contributed by atoms with E-state index in [1.54, 1.807) is 20.3 Å². The first-order valence-corrected chi connectivity index (χ1v) is 6.70. The summed E-state index contributed by atoms with van der Waals surface area (Å²) in [5.41, 5.74) is 0.956. The molecule has 0 spiro atoms. The van der Waals surface area contributed by atoms with Crippen molar-refractivity contribution in [3.63, 3.8) is 0 Å². The van der Waals surface area contributed by atoms with Crippen LogP contribution in [0.4, 0.5) is 0 Å². The van der Waals surface area contributed by atoms with Gasteiger partial charge >= 0.3 is 0 Å². The van der Waals surface area contributed by atoms with Gasteiger partial charge in [-0.3, -0.25) is 0 Å². The third kappa shape index (κ3) is 4.05. The smallest absolute Gasteiger partial charge is 0.165 e. The molecular weight excluding hydrogens is 307 g/mol. The first kappa shape index (κ1) is 14.6. The van der Waals surface area contributed by atoms with Crippen LogP contribution in [0.3, 0.4) is 0 Å². The van der Waals surface area contributed by atoms with Crippen molar-refractivity contribution in [2.24, 2.45) is 0 Å². The topological polar surface area (TPSA) is 27.7 Å². The number of alkyl halides is 1. The Kier molecular flexibility index (Phi) is 6.09. The largest absolute Gasteiger partial charge is 0.493 e. The van der Waals surface area contributed by atoms with E-state index >= 15 is 0 Å². The van der Waals surface area contributed by atoms with Gasteiger partial charge in [-0.1, -0.05) is 27.5 Å². The van der Waals surface area contributed by atoms with Crippen molar-refractivity contribution in [3.05, 3.63) is 22.7 Å². The molecule has 3 nitrogen and oxygen atoms in total. The monoisotopic (exact) mass is 322 g/mol. The Labute approximate surface area is 115 Å². The highest BCUT2D eigenvalue weighted by molar-refractivity contribution is 9.08. The lowest BCUT2D eigenvalue weighted by molar-refractivity contribution is 0.0703. The molecule has 1 rings (SSSR count). The molecule has 0 saturated carbocycles. The van der Waals surface area contributed by atoms with E-state index in [2.05, 4.69) is 15.9 Å². The summed E-state index contributed by atoms with van der Waals surface area (Å²) in [7, 11) is 3.24. The van der Waals surface area contributed by atoms with Gasteiger partial charge in [0.25, 0.3) is 0 Å². The molecule has 0 aromatic heterocycles. The molecule has 0 aliphatic rings. The normalized spacial score (nSPS) is 12.3. The molecule has 0 heterocycles. The maximum Gasteiger partial charge on any atom is 0.165 e. The van der Waals surface area contributed by atoms with Crippen LogP contribution in [0.15, 0.2) is 12.1 Å². The van der Waals surface area contributed by atoms with Crippen LogP contribution in [0.1, 0.15) is 12.5 Å². The van der Waals surface area contributed by atoms with Gasteiger partial charge in [0, 0.05) is 29.1 Å². The average Bonchev–Trinajstić information content (AvgIpc) is 2.35. The standard InChI is InChI=1S/C12H16BrClO3/c1-8(15-2)7-17-12-9(6-13)4-10(14)5-11(12)16-3/h4-5,8H,6-7H2,1-3H3. The Morgan fingerprint density at radius 2 is 2.06 bits per heavy atom. The van der Waals surface area contributed by atoms with Crippen molar-refractivity contribution in [2.45, 2.75) is 18.4 Å². The molecule has 1 atom stereocenters. The number of rotatable bonds is 6. The van der Waals surface area contributed by atoms with Crippen LogP contribution in [0.5, 0.6) is 11.5 Å². The van der Waals surface area contributed by atoms with Crippen LogP contribution in [-0.2, 0) is 10.1 Å². The molecule has 0 radical (unpaired) electrons. The van der Waals surface area contributed by atoms with Gasteiger partial charge < -0.3 is 14.2 Å². The minimum absolute atomic E-state index is 0.0264. The zero-order valence-electron chi connectivity index (χ0n) is 10.1. The van der Waals surface area contributed by atoms with Gasteiger partial charge in [-0.25, -0.2) is 0 Å². The summed E-state index contributed by atoms with van der Waals surface area (Å²) < 4.78 is 16.1. The second-order valence-electron chi connectivity index (χ2n) is 3.59. The number of methoxy groups -OCH3 is 2. The molecule has 1 aromatic rings. The van der Waals surface area contributed by atoms with E-state index in [1.165, 1.54) is 0 Å². The third-order valence-corrected chi connectivity index (χ3v) is 3.15. The third-order valence-electron chi connectivity index (χ3n) is 2.33. The molecule has 0 aliphatic heterocycles. The van der Waals surface area contributed by atoms with Crippen LogP contribution in [-0.4, -0.2) is 26.9 Å². The van der Waals surface area contributed by atoms with Gasteiger partial charge in [0.15, 0.2) is 11.5 Å². The Hall–Kier alpha value is -0.450. The molecule has 0 N–H and O–H groups in total. The fraction of sp³-hybridized carbons (Fsp3) is 0.500. The molecule has 1 aromatic carbocycles. The van der Waals surface area contributed by atoms with Gasteiger partial charge in [-0.05, 0) is 13.0 Å². The van der Waals surface area contributed by atoms with Crippen LogP contribution in [0.2, 0.25) is 5.02 Å². The lowest BCUT2D eigenvalue weighted by Gasteiger charge is -2.17. The first-order chi connectivity index (χ1) is 8.12. The molecule has 0 bridgehead atoms. The predicted molar refractivity (Wildman–Crippen MR) is 72.6 cm³/mol. The minimum atomic E-state index is 0.0264. The molecule has 0 fully saturated rings. The summed E-state index contributed by atoms with van der Waals surface area (Å²) in [6.45, 7) is 2.41. The van der Waals surface area contributed by atoms with E-state index in [9.17, 15) is 0 Å². The summed E-state index contributed by atoms with van der Waals surface area (Å²) in [5.74, 6) is 1.34. The quantitative estimate of drug-likeness (QED) is 0.748. The van der Waals surface area contributed by atoms with Crippen molar-refractivity contribution in [1.29, 1.82) is 0 Å². The number of halogens is 2. The number of benzene rings is 1. The van der Waals surface area contributed by atoms with Gasteiger partial charge in [0.1, 0.15) is 6.61 Å². The molecule has 0 saturated heterocycles. The van der Waals surface area contributed by atoms with Gasteiger partial charge in [0.2, 0.25) is 0 Å². The van der Waals surface area contributed by atoms with Crippen molar-refractivity contribution in [3.8, 4) is 11.5 Å². The Morgan fingerprint density at radius 1 is 1.35 bits per heavy atom. The molecule has 0 aliphatic carbocycles. The molecule has 1 unspecified atom stereocenters. The second-order valence-corrected chi connectivity index (χ2v) is 4.58. The lowest BCUT2D eigenvalue weighted by Crippen LogP contribution is -2.16. The molecule has 96 valence electrons. The zero-order valence-corrected chi connectivity index (χ0v) is 12.5. The fourth-order valence-electron chi connectivity index (χ4n) is 1.31. The van der Waals surface area contributed by atoms with Gasteiger partial charge in [-0.2, -0.15) is 0 Å². The van der Waals surface area contributed by atoms with Crippen molar-refractivity contribution in [1.82, 2.24) is 0 Å².